The van der Waals surface area contributed by atoms with Crippen LogP contribution in [0.3, 0.4) is 0 Å². The van der Waals surface area contributed by atoms with E-state index in [-0.39, 0.29) is 40.7 Å². The number of benzene rings is 1. The Morgan fingerprint density at radius 1 is 1.27 bits per heavy atom. The van der Waals surface area contributed by atoms with Crippen molar-refractivity contribution in [3.63, 3.8) is 0 Å². The van der Waals surface area contributed by atoms with Crippen molar-refractivity contribution in [3.05, 3.63) is 29.8 Å². The van der Waals surface area contributed by atoms with E-state index in [9.17, 15) is 26.4 Å². The summed E-state index contributed by atoms with van der Waals surface area (Å²) in [5.41, 5.74) is -0.536. The van der Waals surface area contributed by atoms with Gasteiger partial charge in [-0.15, -0.1) is 0 Å². The van der Waals surface area contributed by atoms with E-state index in [0.29, 0.717) is 6.42 Å². The van der Waals surface area contributed by atoms with Gasteiger partial charge in [0.1, 0.15) is 0 Å². The van der Waals surface area contributed by atoms with E-state index < -0.39 is 31.3 Å². The molecule has 144 valence electrons. The van der Waals surface area contributed by atoms with E-state index in [1.165, 1.54) is 31.2 Å². The van der Waals surface area contributed by atoms with Gasteiger partial charge in [0, 0.05) is 18.5 Å². The van der Waals surface area contributed by atoms with Gasteiger partial charge in [0.2, 0.25) is 15.9 Å². The van der Waals surface area contributed by atoms with Crippen LogP contribution in [0.2, 0.25) is 0 Å². The third-order valence-electron chi connectivity index (χ3n) is 4.14. The second-order valence-corrected chi connectivity index (χ2v) is 10.6. The quantitative estimate of drug-likeness (QED) is 0.630. The number of amides is 1. The van der Waals surface area contributed by atoms with Gasteiger partial charge in [-0.2, -0.15) is 0 Å². The number of hydrogen-bond donors (Lipinski definition) is 2. The molecule has 0 aliphatic carbocycles. The van der Waals surface area contributed by atoms with Gasteiger partial charge in [-0.25, -0.2) is 21.6 Å². The van der Waals surface area contributed by atoms with Crippen LogP contribution in [0.1, 0.15) is 37.0 Å². The molecule has 0 aromatic heterocycles. The number of sulfonamides is 1. The van der Waals surface area contributed by atoms with Crippen LogP contribution in [-0.4, -0.2) is 52.1 Å². The topological polar surface area (TPSA) is 126 Å². The maximum absolute atomic E-state index is 12.2. The molecule has 1 atom stereocenters. The Balaban J connectivity index is 1.91. The maximum Gasteiger partial charge on any atom is 0.240 e. The molecule has 1 heterocycles. The molecule has 0 spiro atoms. The predicted octanol–water partition coefficient (Wildman–Crippen LogP) is 0.251. The zero-order valence-corrected chi connectivity index (χ0v) is 16.2. The Morgan fingerprint density at radius 2 is 1.96 bits per heavy atom. The van der Waals surface area contributed by atoms with Gasteiger partial charge in [-0.05, 0) is 32.4 Å². The zero-order valence-electron chi connectivity index (χ0n) is 14.6. The van der Waals surface area contributed by atoms with Crippen molar-refractivity contribution in [2.45, 2.75) is 37.1 Å². The molecular formula is C16H22N2O6S2. The first-order valence-electron chi connectivity index (χ1n) is 8.05. The molecule has 1 saturated heterocycles. The van der Waals surface area contributed by atoms with Crippen molar-refractivity contribution in [2.24, 2.45) is 0 Å². The smallest absolute Gasteiger partial charge is 0.240 e. The molecule has 0 radical (unpaired) electrons. The molecule has 0 bridgehead atoms. The maximum atomic E-state index is 12.2. The minimum absolute atomic E-state index is 0.0307. The standard InChI is InChI=1S/C16H22N2O6S2/c1-12(19)13-4-3-5-14(10-13)26(23,24)17-8-6-15(20)18-16(2)7-9-25(21,22)11-16/h3-5,10,17H,6-9,11H2,1-2H3,(H,18,20). The first kappa shape index (κ1) is 20.5. The van der Waals surface area contributed by atoms with Crippen LogP contribution in [0, 0.1) is 0 Å². The molecular weight excluding hydrogens is 380 g/mol. The molecule has 10 heteroatoms. The fourth-order valence-corrected chi connectivity index (χ4v) is 5.94. The first-order valence-corrected chi connectivity index (χ1v) is 11.4. The Bertz CT molecular complexity index is 924. The Labute approximate surface area is 153 Å². The van der Waals surface area contributed by atoms with Crippen LogP contribution < -0.4 is 10.0 Å². The lowest BCUT2D eigenvalue weighted by Crippen LogP contribution is -2.47. The first-order chi connectivity index (χ1) is 11.9. The van der Waals surface area contributed by atoms with Crippen molar-refractivity contribution < 1.29 is 26.4 Å². The summed E-state index contributed by atoms with van der Waals surface area (Å²) in [7, 11) is -7.00. The second-order valence-electron chi connectivity index (χ2n) is 6.68. The van der Waals surface area contributed by atoms with E-state index in [4.69, 9.17) is 0 Å². The molecule has 1 aliphatic rings. The van der Waals surface area contributed by atoms with Gasteiger partial charge in [0.15, 0.2) is 15.6 Å². The lowest BCUT2D eigenvalue weighted by atomic mass is 10.0. The summed E-state index contributed by atoms with van der Waals surface area (Å²) in [5, 5.41) is 2.66. The number of Topliss-reactive ketones (excluding diaryl/α,β-unsaturated/α-hetero) is 1. The highest BCUT2D eigenvalue weighted by Gasteiger charge is 2.39. The third-order valence-corrected chi connectivity index (χ3v) is 7.50. The average molecular weight is 402 g/mol. The number of ketones is 1. The molecule has 8 nitrogen and oxygen atoms in total. The Kier molecular flexibility index (Phi) is 5.89. The molecule has 1 amide bonds. The lowest BCUT2D eigenvalue weighted by Gasteiger charge is -2.23. The Morgan fingerprint density at radius 3 is 2.54 bits per heavy atom. The number of sulfone groups is 1. The fraction of sp³-hybridized carbons (Fsp3) is 0.500. The summed E-state index contributed by atoms with van der Waals surface area (Å²) in [5.74, 6) is -0.760. The van der Waals surface area contributed by atoms with Gasteiger partial charge >= 0.3 is 0 Å². The second kappa shape index (κ2) is 7.45. The molecule has 1 fully saturated rings. The summed E-state index contributed by atoms with van der Waals surface area (Å²) in [6, 6.07) is 5.62. The number of hydrogen-bond acceptors (Lipinski definition) is 6. The lowest BCUT2D eigenvalue weighted by molar-refractivity contribution is -0.122. The monoisotopic (exact) mass is 402 g/mol. The molecule has 1 aromatic carbocycles. The summed E-state index contributed by atoms with van der Waals surface area (Å²) >= 11 is 0. The fourth-order valence-electron chi connectivity index (χ4n) is 2.77. The minimum Gasteiger partial charge on any atom is -0.350 e. The van der Waals surface area contributed by atoms with Crippen LogP contribution >= 0.6 is 0 Å². The molecule has 2 rings (SSSR count). The summed E-state index contributed by atoms with van der Waals surface area (Å²) in [4.78, 5) is 23.3. The van der Waals surface area contributed by atoms with Crippen molar-refractivity contribution in [2.75, 3.05) is 18.1 Å². The minimum atomic E-state index is -3.85. The third kappa shape index (κ3) is 5.36. The molecule has 1 aliphatic heterocycles. The van der Waals surface area contributed by atoms with Crippen LogP contribution in [0.5, 0.6) is 0 Å². The zero-order chi connectivity index (χ0) is 19.6. The number of nitrogens with one attached hydrogen (secondary N) is 2. The van der Waals surface area contributed by atoms with E-state index in [0.717, 1.165) is 0 Å². The average Bonchev–Trinajstić information content (AvgIpc) is 2.80. The molecule has 26 heavy (non-hydrogen) atoms. The molecule has 2 N–H and O–H groups in total. The van der Waals surface area contributed by atoms with E-state index in [1.807, 2.05) is 0 Å². The van der Waals surface area contributed by atoms with E-state index in [2.05, 4.69) is 10.0 Å². The summed E-state index contributed by atoms with van der Waals surface area (Å²) in [6.45, 7) is 2.86. The van der Waals surface area contributed by atoms with Crippen LogP contribution in [-0.2, 0) is 24.7 Å². The van der Waals surface area contributed by atoms with Crippen molar-refractivity contribution in [1.82, 2.24) is 10.0 Å². The molecule has 1 aromatic rings. The van der Waals surface area contributed by atoms with Gasteiger partial charge in [-0.3, -0.25) is 9.59 Å². The van der Waals surface area contributed by atoms with E-state index >= 15 is 0 Å². The number of carbonyl (C=O) groups is 2. The van der Waals surface area contributed by atoms with Crippen LogP contribution in [0.25, 0.3) is 0 Å². The van der Waals surface area contributed by atoms with Gasteiger partial charge in [0.25, 0.3) is 0 Å². The summed E-state index contributed by atoms with van der Waals surface area (Å²) < 4.78 is 49.9. The van der Waals surface area contributed by atoms with Crippen LogP contribution in [0.15, 0.2) is 29.2 Å². The number of carbonyl (C=O) groups excluding carboxylic acids is 2. The highest BCUT2D eigenvalue weighted by Crippen LogP contribution is 2.22. The Hall–Kier alpha value is -1.78. The normalized spacial score (nSPS) is 22.1. The van der Waals surface area contributed by atoms with Crippen molar-refractivity contribution in [1.29, 1.82) is 0 Å². The highest BCUT2D eigenvalue weighted by atomic mass is 32.2. The highest BCUT2D eigenvalue weighted by molar-refractivity contribution is 7.91. The number of rotatable bonds is 7. The van der Waals surface area contributed by atoms with Crippen molar-refractivity contribution >= 4 is 31.6 Å². The SMILES string of the molecule is CC(=O)c1cccc(S(=O)(=O)NCCC(=O)NC2(C)CCS(=O)(=O)C2)c1. The predicted molar refractivity (Wildman–Crippen MR) is 96.1 cm³/mol. The molecule has 0 saturated carbocycles. The van der Waals surface area contributed by atoms with E-state index in [1.54, 1.807) is 6.92 Å². The van der Waals surface area contributed by atoms with Crippen molar-refractivity contribution in [3.8, 4) is 0 Å². The molecule has 1 unspecified atom stereocenters. The largest absolute Gasteiger partial charge is 0.350 e. The van der Waals surface area contributed by atoms with Gasteiger partial charge in [-0.1, -0.05) is 12.1 Å². The summed E-state index contributed by atoms with van der Waals surface area (Å²) in [6.07, 6.45) is 0.214. The van der Waals surface area contributed by atoms with Crippen LogP contribution in [0.4, 0.5) is 0 Å². The van der Waals surface area contributed by atoms with Gasteiger partial charge in [0.05, 0.1) is 21.9 Å². The van der Waals surface area contributed by atoms with Gasteiger partial charge < -0.3 is 5.32 Å².